The molecule has 0 bridgehead atoms. The molecule has 8 nitrogen and oxygen atoms in total. The Morgan fingerprint density at radius 1 is 1.25 bits per heavy atom. The predicted molar refractivity (Wildman–Crippen MR) is 72.3 cm³/mol. The second kappa shape index (κ2) is 5.31. The van der Waals surface area contributed by atoms with E-state index in [1.807, 2.05) is 0 Å². The molecule has 0 atom stereocenters. The molecule has 102 valence electrons. The highest BCUT2D eigenvalue weighted by molar-refractivity contribution is 6.04. The van der Waals surface area contributed by atoms with Crippen molar-refractivity contribution in [1.82, 2.24) is 9.97 Å². The number of amides is 1. The van der Waals surface area contributed by atoms with Crippen LogP contribution in [0.3, 0.4) is 0 Å². The Bertz CT molecular complexity index is 639. The summed E-state index contributed by atoms with van der Waals surface area (Å²) in [5, 5.41) is 10.6. The number of anilines is 2. The Labute approximate surface area is 114 Å². The first kappa shape index (κ1) is 13.4. The van der Waals surface area contributed by atoms with Gasteiger partial charge in [0, 0.05) is 24.9 Å². The highest BCUT2D eigenvalue weighted by Crippen LogP contribution is 2.19. The summed E-state index contributed by atoms with van der Waals surface area (Å²) < 4.78 is 0. The molecule has 8 heteroatoms. The van der Waals surface area contributed by atoms with Crippen LogP contribution >= 0.6 is 0 Å². The second-order valence-electron chi connectivity index (χ2n) is 3.96. The molecule has 1 amide bonds. The number of nitrogens with zero attached hydrogens (tertiary/aromatic N) is 4. The van der Waals surface area contributed by atoms with Crippen molar-refractivity contribution in [2.75, 3.05) is 17.7 Å². The Kier molecular flexibility index (Phi) is 3.56. The van der Waals surface area contributed by atoms with Crippen LogP contribution in [0.25, 0.3) is 0 Å². The standard InChI is InChI=1S/C12H11N5O3/c1-16(8-2-4-9(5-3-8)17(19)20)12(18)10-6-15-11(13)7-14-10/h2-7H,1H3,(H2,13,15). The molecular weight excluding hydrogens is 262 g/mol. The first-order chi connectivity index (χ1) is 9.49. The summed E-state index contributed by atoms with van der Waals surface area (Å²) in [4.78, 5) is 31.2. The average molecular weight is 273 g/mol. The molecule has 0 saturated carbocycles. The minimum absolute atomic E-state index is 0.0399. The van der Waals surface area contributed by atoms with Crippen molar-refractivity contribution < 1.29 is 9.72 Å². The van der Waals surface area contributed by atoms with Gasteiger partial charge in [-0.1, -0.05) is 0 Å². The Hall–Kier alpha value is -3.03. The Morgan fingerprint density at radius 3 is 2.40 bits per heavy atom. The van der Waals surface area contributed by atoms with Gasteiger partial charge >= 0.3 is 0 Å². The van der Waals surface area contributed by atoms with Gasteiger partial charge in [-0.05, 0) is 12.1 Å². The minimum atomic E-state index is -0.503. The van der Waals surface area contributed by atoms with Crippen molar-refractivity contribution in [2.24, 2.45) is 0 Å². The molecule has 0 aliphatic carbocycles. The van der Waals surface area contributed by atoms with Crippen LogP contribution in [-0.4, -0.2) is 27.8 Å². The lowest BCUT2D eigenvalue weighted by Gasteiger charge is -2.16. The summed E-state index contributed by atoms with van der Waals surface area (Å²) >= 11 is 0. The fourth-order valence-corrected chi connectivity index (χ4v) is 1.54. The van der Waals surface area contributed by atoms with Crippen molar-refractivity contribution in [1.29, 1.82) is 0 Å². The Balaban J connectivity index is 2.22. The van der Waals surface area contributed by atoms with Gasteiger partial charge in [-0.15, -0.1) is 0 Å². The summed E-state index contributed by atoms with van der Waals surface area (Å²) in [6.45, 7) is 0. The molecule has 0 aliphatic rings. The molecule has 2 aromatic rings. The van der Waals surface area contributed by atoms with E-state index in [1.54, 1.807) is 7.05 Å². The van der Waals surface area contributed by atoms with E-state index in [-0.39, 0.29) is 23.1 Å². The molecule has 0 fully saturated rings. The van der Waals surface area contributed by atoms with Crippen LogP contribution in [-0.2, 0) is 0 Å². The number of hydrogen-bond acceptors (Lipinski definition) is 6. The van der Waals surface area contributed by atoms with E-state index < -0.39 is 4.92 Å². The zero-order chi connectivity index (χ0) is 14.7. The highest BCUT2D eigenvalue weighted by Gasteiger charge is 2.16. The SMILES string of the molecule is CN(C(=O)c1cnc(N)cn1)c1ccc([N+](=O)[O-])cc1. The quantitative estimate of drug-likeness (QED) is 0.664. The predicted octanol–water partition coefficient (Wildman–Crippen LogP) is 1.24. The number of non-ortho nitro benzene ring substituents is 1. The molecule has 0 unspecified atom stereocenters. The molecule has 0 radical (unpaired) electrons. The number of nitrogens with two attached hydrogens (primary N) is 1. The third-order valence-electron chi connectivity index (χ3n) is 2.64. The number of carbonyl (C=O) groups is 1. The first-order valence-electron chi connectivity index (χ1n) is 5.59. The van der Waals surface area contributed by atoms with Crippen LogP contribution in [0.4, 0.5) is 17.2 Å². The fraction of sp³-hybridized carbons (Fsp3) is 0.0833. The van der Waals surface area contributed by atoms with E-state index in [2.05, 4.69) is 9.97 Å². The summed E-state index contributed by atoms with van der Waals surface area (Å²) in [6.07, 6.45) is 2.57. The van der Waals surface area contributed by atoms with Crippen molar-refractivity contribution >= 4 is 23.1 Å². The van der Waals surface area contributed by atoms with Gasteiger partial charge in [0.2, 0.25) is 0 Å². The maximum absolute atomic E-state index is 12.1. The lowest BCUT2D eigenvalue weighted by atomic mass is 10.2. The molecule has 2 N–H and O–H groups in total. The maximum Gasteiger partial charge on any atom is 0.278 e. The lowest BCUT2D eigenvalue weighted by molar-refractivity contribution is -0.384. The molecule has 0 aliphatic heterocycles. The van der Waals surface area contributed by atoms with E-state index in [0.717, 1.165) is 0 Å². The fourth-order valence-electron chi connectivity index (χ4n) is 1.54. The summed E-state index contributed by atoms with van der Waals surface area (Å²) in [5.74, 6) is -0.161. The first-order valence-corrected chi connectivity index (χ1v) is 5.59. The van der Waals surface area contributed by atoms with Crippen LogP contribution < -0.4 is 10.6 Å². The highest BCUT2D eigenvalue weighted by atomic mass is 16.6. The number of rotatable bonds is 3. The number of nitro benzene ring substituents is 1. The number of carbonyl (C=O) groups excluding carboxylic acids is 1. The molecule has 0 spiro atoms. The van der Waals surface area contributed by atoms with E-state index in [4.69, 9.17) is 5.73 Å². The molecule has 1 heterocycles. The van der Waals surface area contributed by atoms with Crippen molar-refractivity contribution in [2.45, 2.75) is 0 Å². The maximum atomic E-state index is 12.1. The van der Waals surface area contributed by atoms with Gasteiger partial charge in [0.05, 0.1) is 17.3 Å². The van der Waals surface area contributed by atoms with Gasteiger partial charge in [-0.2, -0.15) is 0 Å². The zero-order valence-electron chi connectivity index (χ0n) is 10.6. The van der Waals surface area contributed by atoms with E-state index in [0.29, 0.717) is 5.69 Å². The lowest BCUT2D eigenvalue weighted by Crippen LogP contribution is -2.27. The zero-order valence-corrected chi connectivity index (χ0v) is 10.6. The third-order valence-corrected chi connectivity index (χ3v) is 2.64. The van der Waals surface area contributed by atoms with Crippen LogP contribution in [0.1, 0.15) is 10.5 Å². The summed E-state index contributed by atoms with van der Waals surface area (Å²) in [7, 11) is 1.54. The number of nitrogen functional groups attached to an aromatic ring is 1. The van der Waals surface area contributed by atoms with Crippen LogP contribution in [0.15, 0.2) is 36.7 Å². The third kappa shape index (κ3) is 2.69. The van der Waals surface area contributed by atoms with Gasteiger partial charge < -0.3 is 10.6 Å². The van der Waals surface area contributed by atoms with Gasteiger partial charge in [0.25, 0.3) is 11.6 Å². The van der Waals surface area contributed by atoms with Gasteiger partial charge in [-0.25, -0.2) is 9.97 Å². The van der Waals surface area contributed by atoms with Crippen LogP contribution in [0.2, 0.25) is 0 Å². The van der Waals surface area contributed by atoms with E-state index in [9.17, 15) is 14.9 Å². The number of nitro groups is 1. The topological polar surface area (TPSA) is 115 Å². The minimum Gasteiger partial charge on any atom is -0.382 e. The van der Waals surface area contributed by atoms with Crippen molar-refractivity contribution in [3.05, 3.63) is 52.5 Å². The van der Waals surface area contributed by atoms with Gasteiger partial charge in [-0.3, -0.25) is 14.9 Å². The normalized spacial score (nSPS) is 10.1. The molecule has 0 saturated heterocycles. The average Bonchev–Trinajstić information content (AvgIpc) is 2.46. The van der Waals surface area contributed by atoms with Gasteiger partial charge in [0.15, 0.2) is 0 Å². The van der Waals surface area contributed by atoms with Crippen molar-refractivity contribution in [3.63, 3.8) is 0 Å². The molecule has 1 aromatic heterocycles. The van der Waals surface area contributed by atoms with Gasteiger partial charge in [0.1, 0.15) is 11.5 Å². The monoisotopic (exact) mass is 273 g/mol. The molecule has 1 aromatic carbocycles. The smallest absolute Gasteiger partial charge is 0.278 e. The summed E-state index contributed by atoms with van der Waals surface area (Å²) in [6, 6.07) is 5.63. The number of benzene rings is 1. The second-order valence-corrected chi connectivity index (χ2v) is 3.96. The molecular formula is C12H11N5O3. The van der Waals surface area contributed by atoms with E-state index in [1.165, 1.54) is 41.6 Å². The number of hydrogen-bond donors (Lipinski definition) is 1. The van der Waals surface area contributed by atoms with Crippen LogP contribution in [0, 0.1) is 10.1 Å². The molecule has 20 heavy (non-hydrogen) atoms. The van der Waals surface area contributed by atoms with E-state index >= 15 is 0 Å². The number of aromatic nitrogens is 2. The Morgan fingerprint density at radius 2 is 1.90 bits per heavy atom. The largest absolute Gasteiger partial charge is 0.382 e. The van der Waals surface area contributed by atoms with Crippen LogP contribution in [0.5, 0.6) is 0 Å². The van der Waals surface area contributed by atoms with Crippen molar-refractivity contribution in [3.8, 4) is 0 Å². The summed E-state index contributed by atoms with van der Waals surface area (Å²) in [5.41, 5.74) is 6.01. The molecule has 2 rings (SSSR count).